The molecule has 3 amide bonds. The monoisotopic (exact) mass is 728 g/mol. The predicted molar refractivity (Wildman–Crippen MR) is 196 cm³/mol. The van der Waals surface area contributed by atoms with Crippen LogP contribution in [0.4, 0.5) is 36.7 Å². The number of hydrogen-bond acceptors (Lipinski definition) is 10. The molecule has 0 bridgehead atoms. The number of anilines is 4. The van der Waals surface area contributed by atoms with Crippen molar-refractivity contribution in [1.29, 1.82) is 0 Å². The van der Waals surface area contributed by atoms with Gasteiger partial charge in [-0.25, -0.2) is 9.78 Å². The van der Waals surface area contributed by atoms with Crippen molar-refractivity contribution < 1.29 is 32.6 Å². The van der Waals surface area contributed by atoms with Crippen LogP contribution in [0.2, 0.25) is 0 Å². The van der Waals surface area contributed by atoms with Crippen LogP contribution in [0.15, 0.2) is 24.4 Å². The van der Waals surface area contributed by atoms with E-state index in [-0.39, 0.29) is 41.5 Å². The van der Waals surface area contributed by atoms with Crippen LogP contribution in [0.5, 0.6) is 5.75 Å². The molecule has 2 aliphatic heterocycles. The number of nitrogens with one attached hydrogen (secondary N) is 2. The molecule has 2 aromatic rings. The van der Waals surface area contributed by atoms with Crippen molar-refractivity contribution in [2.24, 2.45) is 5.92 Å². The van der Waals surface area contributed by atoms with Gasteiger partial charge in [0, 0.05) is 50.4 Å². The molecule has 1 aliphatic carbocycles. The van der Waals surface area contributed by atoms with Gasteiger partial charge in [-0.3, -0.25) is 9.59 Å². The summed E-state index contributed by atoms with van der Waals surface area (Å²) in [5.41, 5.74) is 0.613. The molecule has 52 heavy (non-hydrogen) atoms. The second kappa shape index (κ2) is 15.8. The summed E-state index contributed by atoms with van der Waals surface area (Å²) in [5, 5.41) is 6.27. The first-order valence-electron chi connectivity index (χ1n) is 18.2. The number of alkyl halides is 2. The standard InChI is InChI=1S/C37H54F2N8O5/c1-23(2)47-22-37(38,39)33(49)45(7)29-20-40-34(43-31(29)47)42-28-14-9-25(19-30(28)51-8)32(48)41-26-10-12-27(13-11-26)44(6)21-24-15-17-46(18-16-24)35(50)52-36(3,4)5/h9,14,19-20,23-24,26-27H,10-13,15-18,21-22H2,1-8H3,(H,41,48)(H,40,42,43). The van der Waals surface area contributed by atoms with E-state index in [9.17, 15) is 23.2 Å². The number of aromatic nitrogens is 2. The van der Waals surface area contributed by atoms with E-state index in [1.165, 1.54) is 25.3 Å². The number of ether oxygens (including phenoxy) is 2. The highest BCUT2D eigenvalue weighted by Gasteiger charge is 2.47. The normalized spacial score (nSPS) is 21.2. The third-order valence-electron chi connectivity index (χ3n) is 10.2. The number of carbonyl (C=O) groups is 3. The van der Waals surface area contributed by atoms with E-state index in [2.05, 4.69) is 32.5 Å². The first kappa shape index (κ1) is 38.9. The van der Waals surface area contributed by atoms with Gasteiger partial charge in [0.05, 0.1) is 25.5 Å². The molecule has 5 rings (SSSR count). The van der Waals surface area contributed by atoms with Crippen LogP contribution in [0.25, 0.3) is 0 Å². The number of fused-ring (bicyclic) bond motifs is 1. The van der Waals surface area contributed by atoms with Crippen LogP contribution in [-0.2, 0) is 9.53 Å². The summed E-state index contributed by atoms with van der Waals surface area (Å²) in [7, 11) is 4.96. The van der Waals surface area contributed by atoms with Gasteiger partial charge in [-0.15, -0.1) is 0 Å². The van der Waals surface area contributed by atoms with Gasteiger partial charge < -0.3 is 39.7 Å². The molecule has 286 valence electrons. The van der Waals surface area contributed by atoms with Crippen molar-refractivity contribution in [3.8, 4) is 5.75 Å². The van der Waals surface area contributed by atoms with Crippen LogP contribution < -0.4 is 25.2 Å². The van der Waals surface area contributed by atoms with Gasteiger partial charge in [0.25, 0.3) is 11.8 Å². The van der Waals surface area contributed by atoms with Crippen molar-refractivity contribution in [2.45, 2.75) is 103 Å². The number of rotatable bonds is 9. The fourth-order valence-electron chi connectivity index (χ4n) is 7.18. The molecular formula is C37H54F2N8O5. The lowest BCUT2D eigenvalue weighted by Crippen LogP contribution is -2.47. The molecule has 13 nitrogen and oxygen atoms in total. The van der Waals surface area contributed by atoms with Gasteiger partial charge in [-0.05, 0) is 104 Å². The number of amides is 3. The van der Waals surface area contributed by atoms with Crippen LogP contribution in [0.3, 0.4) is 0 Å². The number of halogens is 2. The predicted octanol–water partition coefficient (Wildman–Crippen LogP) is 5.68. The minimum Gasteiger partial charge on any atom is -0.495 e. The summed E-state index contributed by atoms with van der Waals surface area (Å²) in [4.78, 5) is 53.6. The lowest BCUT2D eigenvalue weighted by molar-refractivity contribution is -0.140. The second-order valence-corrected chi connectivity index (χ2v) is 15.6. The number of likely N-dealkylation sites (tertiary alicyclic amines) is 1. The average Bonchev–Trinajstić information content (AvgIpc) is 3.16. The Labute approximate surface area is 305 Å². The van der Waals surface area contributed by atoms with E-state index in [1.54, 1.807) is 32.0 Å². The van der Waals surface area contributed by atoms with Crippen molar-refractivity contribution in [3.05, 3.63) is 30.0 Å². The maximum Gasteiger partial charge on any atom is 0.410 e. The highest BCUT2D eigenvalue weighted by atomic mass is 19.3. The Morgan fingerprint density at radius 2 is 1.77 bits per heavy atom. The van der Waals surface area contributed by atoms with E-state index in [0.717, 1.165) is 63.1 Å². The van der Waals surface area contributed by atoms with Crippen LogP contribution in [0, 0.1) is 5.92 Å². The average molecular weight is 729 g/mol. The highest BCUT2D eigenvalue weighted by Crippen LogP contribution is 2.37. The van der Waals surface area contributed by atoms with E-state index >= 15 is 0 Å². The number of carbonyl (C=O) groups excluding carboxylic acids is 3. The zero-order chi connectivity index (χ0) is 38.0. The maximum atomic E-state index is 14.7. The van der Waals surface area contributed by atoms with Crippen LogP contribution in [-0.4, -0.2) is 115 Å². The Balaban J connectivity index is 1.14. The van der Waals surface area contributed by atoms with Gasteiger partial charge in [-0.1, -0.05) is 0 Å². The first-order chi connectivity index (χ1) is 24.5. The fraction of sp³-hybridized carbons (Fsp3) is 0.649. The minimum atomic E-state index is -3.59. The largest absolute Gasteiger partial charge is 0.495 e. The number of benzene rings is 1. The maximum absolute atomic E-state index is 14.7. The molecule has 0 spiro atoms. The summed E-state index contributed by atoms with van der Waals surface area (Å²) in [6, 6.07) is 5.16. The summed E-state index contributed by atoms with van der Waals surface area (Å²) in [5.74, 6) is -3.85. The molecule has 1 saturated heterocycles. The molecule has 3 heterocycles. The zero-order valence-electron chi connectivity index (χ0n) is 31.7. The summed E-state index contributed by atoms with van der Waals surface area (Å²) in [6.07, 6.45) is 6.77. The third kappa shape index (κ3) is 9.20. The molecule has 0 unspecified atom stereocenters. The Bertz CT molecular complexity index is 1600. The molecule has 1 aromatic carbocycles. The van der Waals surface area contributed by atoms with E-state index < -0.39 is 24.0 Å². The van der Waals surface area contributed by atoms with Gasteiger partial charge in [0.15, 0.2) is 5.82 Å². The topological polar surface area (TPSA) is 132 Å². The molecule has 0 atom stereocenters. The lowest BCUT2D eigenvalue weighted by atomic mass is 9.88. The van der Waals surface area contributed by atoms with Crippen LogP contribution >= 0.6 is 0 Å². The number of methoxy groups -OCH3 is 1. The molecule has 0 radical (unpaired) electrons. The summed E-state index contributed by atoms with van der Waals surface area (Å²) < 4.78 is 40.6. The first-order valence-corrected chi connectivity index (χ1v) is 18.2. The molecule has 3 aliphatic rings. The third-order valence-corrected chi connectivity index (χ3v) is 10.2. The van der Waals surface area contributed by atoms with E-state index in [4.69, 9.17) is 9.47 Å². The Kier molecular flexibility index (Phi) is 11.8. The molecular weight excluding hydrogens is 674 g/mol. The minimum absolute atomic E-state index is 0.0623. The van der Waals surface area contributed by atoms with Gasteiger partial charge in [0.1, 0.15) is 17.0 Å². The van der Waals surface area contributed by atoms with Gasteiger partial charge in [0.2, 0.25) is 5.95 Å². The number of piperidine rings is 1. The van der Waals surface area contributed by atoms with Crippen molar-refractivity contribution >= 4 is 41.0 Å². The van der Waals surface area contributed by atoms with Crippen molar-refractivity contribution in [3.63, 3.8) is 0 Å². The summed E-state index contributed by atoms with van der Waals surface area (Å²) >= 11 is 0. The fourth-order valence-corrected chi connectivity index (χ4v) is 7.18. The second-order valence-electron chi connectivity index (χ2n) is 15.6. The smallest absolute Gasteiger partial charge is 0.410 e. The van der Waals surface area contributed by atoms with E-state index in [0.29, 0.717) is 29.0 Å². The van der Waals surface area contributed by atoms with Crippen LogP contribution in [0.1, 0.15) is 83.5 Å². The van der Waals surface area contributed by atoms with Crippen molar-refractivity contribution in [1.82, 2.24) is 25.1 Å². The zero-order valence-corrected chi connectivity index (χ0v) is 31.7. The Morgan fingerprint density at radius 3 is 2.38 bits per heavy atom. The van der Waals surface area contributed by atoms with Crippen molar-refractivity contribution in [2.75, 3.05) is 62.5 Å². The van der Waals surface area contributed by atoms with Gasteiger partial charge >= 0.3 is 12.0 Å². The SMILES string of the molecule is COc1cc(C(=O)NC2CCC(N(C)CC3CCN(C(=O)OC(C)(C)C)CC3)CC2)ccc1Nc1ncc2c(n1)N(C(C)C)CC(F)(F)C(=O)N2C. The number of hydrogen-bond donors (Lipinski definition) is 2. The lowest BCUT2D eigenvalue weighted by Gasteiger charge is -2.39. The quantitative estimate of drug-likeness (QED) is 0.333. The molecule has 15 heteroatoms. The molecule has 1 saturated carbocycles. The van der Waals surface area contributed by atoms with Gasteiger partial charge in [-0.2, -0.15) is 13.8 Å². The molecule has 1 aromatic heterocycles. The van der Waals surface area contributed by atoms with E-state index in [1.807, 2.05) is 25.7 Å². The number of nitrogens with zero attached hydrogens (tertiary/aromatic N) is 6. The Morgan fingerprint density at radius 1 is 1.10 bits per heavy atom. The highest BCUT2D eigenvalue weighted by molar-refractivity contribution is 6.02. The Hall–Kier alpha value is -4.27. The molecule has 2 N–H and O–H groups in total. The summed E-state index contributed by atoms with van der Waals surface area (Å²) in [6.45, 7) is 10.8. The molecule has 2 fully saturated rings.